The lowest BCUT2D eigenvalue weighted by Crippen LogP contribution is -2.03. The Labute approximate surface area is 47.9 Å². The van der Waals surface area contributed by atoms with Crippen molar-refractivity contribution in [2.75, 3.05) is 13.2 Å². The Morgan fingerprint density at radius 1 is 1.50 bits per heavy atom. The first-order valence-corrected chi connectivity index (χ1v) is 2.52. The maximum absolute atomic E-state index is 10.2. The fraction of sp³-hybridized carbons (Fsp3) is 0.800. The molecule has 0 heterocycles. The van der Waals surface area contributed by atoms with Crippen LogP contribution in [0.25, 0.3) is 0 Å². The molecule has 0 aromatic heterocycles. The summed E-state index contributed by atoms with van der Waals surface area (Å²) >= 11 is 0. The fourth-order valence-corrected chi connectivity index (χ4v) is 0.348. The fourth-order valence-electron chi connectivity index (χ4n) is 0.348. The van der Waals surface area contributed by atoms with Gasteiger partial charge >= 0.3 is 0 Å². The highest BCUT2D eigenvalue weighted by molar-refractivity contribution is 5.79. The van der Waals surface area contributed by atoms with Crippen LogP contribution < -0.4 is 0 Å². The van der Waals surface area contributed by atoms with Crippen molar-refractivity contribution < 1.29 is 15.0 Å². The summed E-state index contributed by atoms with van der Waals surface area (Å²) in [6.45, 7) is -0.661. The minimum atomic E-state index is -0.431. The van der Waals surface area contributed by atoms with Crippen molar-refractivity contribution in [3.8, 4) is 0 Å². The molecule has 0 spiro atoms. The topological polar surface area (TPSA) is 57.2 Å². The molecular weight excluding hydrogens is 108 g/mol. The predicted octanol–water partition coefficient (Wildman–Crippen LogP) is -0.241. The van der Waals surface area contributed by atoms with Crippen LogP contribution in [0.2, 0.25) is 0 Å². The van der Waals surface area contributed by atoms with Crippen LogP contribution in [0.4, 0.5) is 0 Å². The molecule has 0 unspecified atom stereocenters. The number of Topliss-reactive ketones (excluding diaryl/α,β-unsaturated/α-hetero) is 1. The van der Waals surface area contributed by atoms with Crippen molar-refractivity contribution in [2.24, 2.45) is 0 Å². The van der Waals surface area contributed by atoms with Gasteiger partial charge in [0.15, 0.2) is 5.78 Å². The Balaban J connectivity index is 2.99. The van der Waals surface area contributed by atoms with Crippen molar-refractivity contribution in [1.82, 2.24) is 0 Å². The largest absolute Gasteiger partial charge is 0.389 e. The second kappa shape index (κ2) is 4.74. The van der Waals surface area contributed by atoms with Crippen LogP contribution >= 0.6 is 0 Å². The van der Waals surface area contributed by atoms with E-state index in [2.05, 4.69) is 0 Å². The van der Waals surface area contributed by atoms with Gasteiger partial charge in [-0.1, -0.05) is 0 Å². The molecule has 8 heavy (non-hydrogen) atoms. The average molecular weight is 117 g/mol. The summed E-state index contributed by atoms with van der Waals surface area (Å²) in [6.07, 6.45) is 0.569. The van der Waals surface area contributed by atoms with E-state index in [9.17, 15) is 9.90 Å². The second-order valence-electron chi connectivity index (χ2n) is 1.50. The molecule has 0 bridgehead atoms. The number of ketones is 1. The lowest BCUT2D eigenvalue weighted by Gasteiger charge is -1.89. The van der Waals surface area contributed by atoms with Crippen LogP contribution in [-0.2, 0) is 9.90 Å². The lowest BCUT2D eigenvalue weighted by atomic mass is 10.2. The van der Waals surface area contributed by atoms with Crippen LogP contribution in [0.1, 0.15) is 12.8 Å². The monoisotopic (exact) mass is 117 g/mol. The predicted molar refractivity (Wildman–Crippen MR) is 26.9 cm³/mol. The van der Waals surface area contributed by atoms with E-state index < -0.39 is 6.61 Å². The first-order chi connectivity index (χ1) is 3.81. The summed E-state index contributed by atoms with van der Waals surface area (Å²) < 4.78 is 0. The van der Waals surface area contributed by atoms with E-state index in [0.29, 0.717) is 6.42 Å². The molecule has 0 saturated carbocycles. The molecule has 0 rings (SSSR count). The molecule has 3 heteroatoms. The second-order valence-corrected chi connectivity index (χ2v) is 1.50. The molecule has 0 aromatic carbocycles. The third-order valence-corrected chi connectivity index (χ3v) is 0.776. The van der Waals surface area contributed by atoms with E-state index in [1.807, 2.05) is 0 Å². The molecule has 47 valence electrons. The van der Waals surface area contributed by atoms with Gasteiger partial charge in [-0.25, -0.2) is 5.11 Å². The number of aliphatic hydroxyl groups is 1. The first-order valence-electron chi connectivity index (χ1n) is 2.52. The van der Waals surface area contributed by atoms with Gasteiger partial charge in [0.25, 0.3) is 0 Å². The summed E-state index contributed by atoms with van der Waals surface area (Å²) in [4.78, 5) is 10.2. The van der Waals surface area contributed by atoms with E-state index in [-0.39, 0.29) is 18.8 Å². The van der Waals surface area contributed by atoms with Gasteiger partial charge in [0.05, 0.1) is 6.61 Å². The zero-order chi connectivity index (χ0) is 6.41. The van der Waals surface area contributed by atoms with Gasteiger partial charge in [-0.2, -0.15) is 0 Å². The molecule has 0 aliphatic rings. The Morgan fingerprint density at radius 3 is 2.50 bits per heavy atom. The zero-order valence-electron chi connectivity index (χ0n) is 4.59. The van der Waals surface area contributed by atoms with Gasteiger partial charge < -0.3 is 5.11 Å². The van der Waals surface area contributed by atoms with Crippen molar-refractivity contribution in [1.29, 1.82) is 0 Å². The lowest BCUT2D eigenvalue weighted by molar-refractivity contribution is -0.122. The number of carbonyl (C=O) groups is 1. The van der Waals surface area contributed by atoms with Gasteiger partial charge in [-0.15, -0.1) is 0 Å². The Hall–Kier alpha value is -0.410. The number of carbonyl (C=O) groups excluding carboxylic acids is 1. The number of hydrogen-bond acceptors (Lipinski definition) is 2. The number of aliphatic hydroxyl groups excluding tert-OH is 1. The standard InChI is InChI=1S/C5H9O3/c6-3-1-2-5(8)4-7/h7H,1-4H2. The molecular formula is C5H9O3. The summed E-state index contributed by atoms with van der Waals surface area (Å²) in [5, 5.41) is 17.8. The van der Waals surface area contributed by atoms with Crippen LogP contribution in [0.15, 0.2) is 0 Å². The first kappa shape index (κ1) is 7.59. The van der Waals surface area contributed by atoms with Gasteiger partial charge in [-0.05, 0) is 6.42 Å². The van der Waals surface area contributed by atoms with Crippen molar-refractivity contribution in [2.45, 2.75) is 12.8 Å². The summed E-state index contributed by atoms with van der Waals surface area (Å²) in [5.41, 5.74) is 0. The van der Waals surface area contributed by atoms with Crippen molar-refractivity contribution in [3.05, 3.63) is 0 Å². The third kappa shape index (κ3) is 3.77. The highest BCUT2D eigenvalue weighted by atomic mass is 16.3. The maximum Gasteiger partial charge on any atom is 0.158 e. The molecule has 0 amide bonds. The molecule has 1 N–H and O–H groups in total. The van der Waals surface area contributed by atoms with E-state index in [0.717, 1.165) is 0 Å². The minimum absolute atomic E-state index is 0.222. The SMILES string of the molecule is [O]CCCC(=O)CO. The Kier molecular flexibility index (Phi) is 4.50. The molecule has 0 fully saturated rings. The van der Waals surface area contributed by atoms with E-state index in [4.69, 9.17) is 5.11 Å². The van der Waals surface area contributed by atoms with Crippen LogP contribution in [0.3, 0.4) is 0 Å². The van der Waals surface area contributed by atoms with Crippen molar-refractivity contribution >= 4 is 5.78 Å². The van der Waals surface area contributed by atoms with Gasteiger partial charge in [0.2, 0.25) is 0 Å². The van der Waals surface area contributed by atoms with Crippen LogP contribution in [-0.4, -0.2) is 24.1 Å². The maximum atomic E-state index is 10.2. The van der Waals surface area contributed by atoms with Crippen molar-refractivity contribution in [3.63, 3.8) is 0 Å². The van der Waals surface area contributed by atoms with Gasteiger partial charge in [0, 0.05) is 6.42 Å². The highest BCUT2D eigenvalue weighted by Crippen LogP contribution is 1.87. The van der Waals surface area contributed by atoms with E-state index in [1.165, 1.54) is 0 Å². The summed E-state index contributed by atoms with van der Waals surface area (Å²) in [6, 6.07) is 0. The molecule has 0 saturated heterocycles. The van der Waals surface area contributed by atoms with Gasteiger partial charge in [0.1, 0.15) is 6.61 Å². The summed E-state index contributed by atoms with van der Waals surface area (Å²) in [5.74, 6) is -0.249. The molecule has 0 atom stereocenters. The normalized spacial score (nSPS) is 9.25. The number of hydrogen-bond donors (Lipinski definition) is 1. The molecule has 3 nitrogen and oxygen atoms in total. The minimum Gasteiger partial charge on any atom is -0.389 e. The molecule has 1 radical (unpaired) electrons. The summed E-state index contributed by atoms with van der Waals surface area (Å²) in [7, 11) is 0. The van der Waals surface area contributed by atoms with Crippen LogP contribution in [0.5, 0.6) is 0 Å². The number of rotatable bonds is 4. The van der Waals surface area contributed by atoms with Crippen LogP contribution in [0, 0.1) is 0 Å². The molecule has 0 aliphatic carbocycles. The quantitative estimate of drug-likeness (QED) is 0.552. The third-order valence-electron chi connectivity index (χ3n) is 0.776. The van der Waals surface area contributed by atoms with E-state index >= 15 is 0 Å². The van der Waals surface area contributed by atoms with E-state index in [1.54, 1.807) is 0 Å². The smallest absolute Gasteiger partial charge is 0.158 e. The van der Waals surface area contributed by atoms with Gasteiger partial charge in [-0.3, -0.25) is 4.79 Å². The molecule has 0 aliphatic heterocycles. The average Bonchev–Trinajstić information content (AvgIpc) is 1.83. The Morgan fingerprint density at radius 2 is 2.12 bits per heavy atom. The molecule has 0 aromatic rings. The zero-order valence-corrected chi connectivity index (χ0v) is 4.59. The Bertz CT molecular complexity index is 70.1. The highest BCUT2D eigenvalue weighted by Gasteiger charge is 1.96.